The molecule has 0 saturated carbocycles. The number of carboxylic acids is 4. The Morgan fingerprint density at radius 2 is 0.667 bits per heavy atom. The molecule has 0 spiro atoms. The van der Waals surface area contributed by atoms with E-state index >= 15 is 0 Å². The third-order valence-electron chi connectivity index (χ3n) is 3.70. The van der Waals surface area contributed by atoms with Crippen LogP contribution in [0, 0.1) is 11.8 Å². The van der Waals surface area contributed by atoms with Gasteiger partial charge in [0.05, 0.1) is 0 Å². The first-order valence-electron chi connectivity index (χ1n) is 12.2. The second kappa shape index (κ2) is 29.8. The molecule has 0 radical (unpaired) electrons. The summed E-state index contributed by atoms with van der Waals surface area (Å²) in [5.41, 5.74) is 0. The Balaban J connectivity index is -0.000000131. The summed E-state index contributed by atoms with van der Waals surface area (Å²) in [5, 5.41) is 39.2. The summed E-state index contributed by atoms with van der Waals surface area (Å²) in [6, 6.07) is 0. The van der Waals surface area contributed by atoms with E-state index in [0.29, 0.717) is 38.5 Å². The van der Waals surface area contributed by atoms with E-state index in [1.54, 1.807) is 0 Å². The van der Waals surface area contributed by atoms with E-state index in [0.717, 1.165) is 0 Å². The largest absolute Gasteiger partial charge is 4.00 e. The van der Waals surface area contributed by atoms with Crippen LogP contribution in [0.2, 0.25) is 0 Å². The zero-order valence-electron chi connectivity index (χ0n) is 23.6. The molecule has 0 aromatic carbocycles. The minimum Gasteiger partial charge on any atom is -0.550 e. The Morgan fingerprint density at radius 3 is 0.821 bits per heavy atom. The first kappa shape index (κ1) is 46.1. The normalized spacial score (nSPS) is 9.23. The topological polar surface area (TPSA) is 229 Å². The zero-order valence-corrected chi connectivity index (χ0v) is 25.2. The van der Waals surface area contributed by atoms with Crippen LogP contribution in [0.3, 0.4) is 0 Å². The van der Waals surface area contributed by atoms with E-state index in [-0.39, 0.29) is 56.7 Å². The van der Waals surface area contributed by atoms with Gasteiger partial charge in [-0.2, -0.15) is 0 Å². The number of ketones is 4. The second-order valence-electron chi connectivity index (χ2n) is 9.05. The summed E-state index contributed by atoms with van der Waals surface area (Å²) in [6.45, 7) is 11.1. The predicted octanol–water partition coefficient (Wildman–Crippen LogP) is -1.53. The van der Waals surface area contributed by atoms with Crippen molar-refractivity contribution in [3.63, 3.8) is 0 Å². The summed E-state index contributed by atoms with van der Waals surface area (Å²) in [6.07, 6.45) is 0.972. The number of aliphatic carboxylic acids is 4. The van der Waals surface area contributed by atoms with Crippen LogP contribution in [0.1, 0.15) is 106 Å². The van der Waals surface area contributed by atoms with Crippen molar-refractivity contribution in [2.24, 2.45) is 11.8 Å². The summed E-state index contributed by atoms with van der Waals surface area (Å²) < 4.78 is 0. The molecule has 0 saturated heterocycles. The van der Waals surface area contributed by atoms with Crippen molar-refractivity contribution in [2.75, 3.05) is 0 Å². The summed E-state index contributed by atoms with van der Waals surface area (Å²) >= 11 is 0. The maximum absolute atomic E-state index is 10.6. The summed E-state index contributed by atoms with van der Waals surface area (Å²) in [5.74, 6) is -5.70. The first-order valence-corrected chi connectivity index (χ1v) is 12.2. The number of carbonyl (C=O) groups is 8. The first-order chi connectivity index (χ1) is 17.4. The molecule has 13 heteroatoms. The van der Waals surface area contributed by atoms with Crippen LogP contribution in [-0.2, 0) is 60.1 Å². The van der Waals surface area contributed by atoms with Gasteiger partial charge in [-0.3, -0.25) is 19.2 Å². The molecule has 0 rings (SSSR count). The van der Waals surface area contributed by atoms with Gasteiger partial charge < -0.3 is 39.6 Å². The van der Waals surface area contributed by atoms with Crippen LogP contribution >= 0.6 is 0 Å². The zero-order chi connectivity index (χ0) is 30.8. The van der Waals surface area contributed by atoms with E-state index in [1.807, 2.05) is 41.5 Å². The van der Waals surface area contributed by atoms with Crippen molar-refractivity contribution in [3.8, 4) is 0 Å². The Labute approximate surface area is 244 Å². The van der Waals surface area contributed by atoms with E-state index < -0.39 is 49.6 Å². The van der Waals surface area contributed by atoms with Crippen molar-refractivity contribution >= 4 is 47.0 Å². The fraction of sp³-hybridized carbons (Fsp3) is 0.692. The van der Waals surface area contributed by atoms with Crippen molar-refractivity contribution in [3.05, 3.63) is 0 Å². The van der Waals surface area contributed by atoms with Crippen molar-refractivity contribution in [2.45, 2.75) is 106 Å². The number of hydrogen-bond acceptors (Lipinski definition) is 12. The summed E-state index contributed by atoms with van der Waals surface area (Å²) in [4.78, 5) is 81.4. The van der Waals surface area contributed by atoms with Crippen molar-refractivity contribution in [1.29, 1.82) is 0 Å². The third kappa shape index (κ3) is 52.5. The van der Waals surface area contributed by atoms with Crippen LogP contribution in [0.15, 0.2) is 0 Å². The standard InChI is InChI=1S/2C7H12O3.2C6H10O3.Ti/c2*1-5(2)3-6(8)4-7(9)10;2*1-2-3-5(7)4-6(8)9;/h2*5H,3-4H2,1-2H3,(H,9,10);2*2-4H2,1H3,(H,8,9);/q;;;;+4/p-4. The molecule has 12 nitrogen and oxygen atoms in total. The molecular formula is C26H40O12Ti. The monoisotopic (exact) mass is 592 g/mol. The third-order valence-corrected chi connectivity index (χ3v) is 3.70. The molecule has 0 N–H and O–H groups in total. The number of carboxylic acid groups (broad SMARTS) is 4. The van der Waals surface area contributed by atoms with Crippen molar-refractivity contribution < 1.29 is 80.5 Å². The maximum Gasteiger partial charge on any atom is 4.00 e. The molecule has 0 fully saturated rings. The fourth-order valence-corrected chi connectivity index (χ4v) is 2.43. The van der Waals surface area contributed by atoms with Crippen LogP contribution in [0.25, 0.3) is 0 Å². The molecule has 0 heterocycles. The minimum absolute atomic E-state index is 0. The van der Waals surface area contributed by atoms with E-state index in [1.165, 1.54) is 0 Å². The molecule has 0 amide bonds. The van der Waals surface area contributed by atoms with Gasteiger partial charge in [0, 0.05) is 75.2 Å². The Kier molecular flexibility index (Phi) is 35.3. The number of carbonyl (C=O) groups excluding carboxylic acids is 8. The molecule has 0 aliphatic carbocycles. The Bertz CT molecular complexity index is 709. The van der Waals surface area contributed by atoms with Crippen LogP contribution < -0.4 is 20.4 Å². The van der Waals surface area contributed by atoms with Gasteiger partial charge in [0.25, 0.3) is 0 Å². The van der Waals surface area contributed by atoms with Crippen LogP contribution in [0.4, 0.5) is 0 Å². The van der Waals surface area contributed by atoms with Crippen molar-refractivity contribution in [1.82, 2.24) is 0 Å². The molecule has 0 aliphatic heterocycles. The average molecular weight is 592 g/mol. The molecule has 0 aliphatic rings. The van der Waals surface area contributed by atoms with Gasteiger partial charge in [-0.1, -0.05) is 41.5 Å². The SMILES string of the molecule is CC(C)CC(=O)CC(=O)[O-].CC(C)CC(=O)CC(=O)[O-].CCCC(=O)CC(=O)[O-].CCCC(=O)CC(=O)[O-].[Ti+4]. The minimum atomic E-state index is -1.29. The molecular weight excluding hydrogens is 552 g/mol. The van der Waals surface area contributed by atoms with Gasteiger partial charge in [0.2, 0.25) is 0 Å². The maximum atomic E-state index is 10.6. The quantitative estimate of drug-likeness (QED) is 0.147. The van der Waals surface area contributed by atoms with Crippen LogP contribution in [0.5, 0.6) is 0 Å². The fourth-order valence-electron chi connectivity index (χ4n) is 2.43. The molecule has 0 aromatic heterocycles. The smallest absolute Gasteiger partial charge is 0.550 e. The van der Waals surface area contributed by atoms with Gasteiger partial charge in [-0.05, 0) is 24.7 Å². The molecule has 0 atom stereocenters. The Hall–Kier alpha value is -2.73. The Morgan fingerprint density at radius 1 is 0.462 bits per heavy atom. The number of hydrogen-bond donors (Lipinski definition) is 0. The van der Waals surface area contributed by atoms with Gasteiger partial charge in [0.1, 0.15) is 23.1 Å². The van der Waals surface area contributed by atoms with E-state index in [2.05, 4.69) is 0 Å². The summed E-state index contributed by atoms with van der Waals surface area (Å²) in [7, 11) is 0. The number of rotatable bonds is 16. The molecule has 0 unspecified atom stereocenters. The second-order valence-corrected chi connectivity index (χ2v) is 9.05. The van der Waals surface area contributed by atoms with Crippen LogP contribution in [-0.4, -0.2) is 47.0 Å². The molecule has 0 bridgehead atoms. The van der Waals surface area contributed by atoms with E-state index in [9.17, 15) is 58.8 Å². The van der Waals surface area contributed by atoms with E-state index in [4.69, 9.17) is 0 Å². The predicted molar refractivity (Wildman–Crippen MR) is 127 cm³/mol. The van der Waals surface area contributed by atoms with Gasteiger partial charge in [0.15, 0.2) is 0 Å². The van der Waals surface area contributed by atoms with Gasteiger partial charge in [-0.15, -0.1) is 0 Å². The van der Waals surface area contributed by atoms with Gasteiger partial charge >= 0.3 is 21.7 Å². The molecule has 220 valence electrons. The number of Topliss-reactive ketones (excluding diaryl/α,β-unsaturated/α-hetero) is 4. The molecule has 0 aromatic rings. The van der Waals surface area contributed by atoms with Gasteiger partial charge in [-0.25, -0.2) is 0 Å². The average Bonchev–Trinajstić information content (AvgIpc) is 2.66. The molecule has 39 heavy (non-hydrogen) atoms.